The molecule has 23 heavy (non-hydrogen) atoms. The molecule has 2 aromatic heterocycles. The average molecular weight is 390 g/mol. The maximum absolute atomic E-state index is 12.1. The van der Waals surface area contributed by atoms with Gasteiger partial charge in [-0.05, 0) is 28.6 Å². The van der Waals surface area contributed by atoms with Crippen molar-refractivity contribution in [2.45, 2.75) is 6.61 Å². The number of tetrazole rings is 1. The molecule has 3 rings (SSSR count). The third-order valence-corrected chi connectivity index (χ3v) is 3.08. The topological polar surface area (TPSA) is 98.2 Å². The van der Waals surface area contributed by atoms with E-state index in [0.29, 0.717) is 22.9 Å². The van der Waals surface area contributed by atoms with E-state index in [2.05, 4.69) is 20.6 Å². The molecule has 0 saturated heterocycles. The number of methoxy groups -OCH3 is 1. The molecule has 0 spiro atoms. The number of benzene rings is 1. The molecule has 1 aromatic carbocycles. The molecule has 9 nitrogen and oxygen atoms in total. The van der Waals surface area contributed by atoms with E-state index in [1.165, 1.54) is 17.9 Å². The van der Waals surface area contributed by atoms with Crippen LogP contribution >= 0.6 is 0 Å². The van der Waals surface area contributed by atoms with Gasteiger partial charge in [-0.3, -0.25) is 0 Å². The van der Waals surface area contributed by atoms with Gasteiger partial charge in [-0.25, -0.2) is 4.79 Å². The second kappa shape index (κ2) is 7.52. The summed E-state index contributed by atoms with van der Waals surface area (Å²) in [4.78, 5) is 12.1. The van der Waals surface area contributed by atoms with Gasteiger partial charge in [-0.15, -0.1) is 0 Å². The van der Waals surface area contributed by atoms with E-state index >= 15 is 0 Å². The van der Waals surface area contributed by atoms with Crippen molar-refractivity contribution in [1.82, 2.24) is 30.0 Å². The van der Waals surface area contributed by atoms with E-state index < -0.39 is 0 Å². The Morgan fingerprint density at radius 3 is 2.70 bits per heavy atom. The van der Waals surface area contributed by atoms with Crippen molar-refractivity contribution in [3.63, 3.8) is 0 Å². The Hall–Kier alpha value is -2.00. The third kappa shape index (κ3) is 3.51. The van der Waals surface area contributed by atoms with Gasteiger partial charge < -0.3 is 19.7 Å². The van der Waals surface area contributed by atoms with Gasteiger partial charge in [-0.2, -0.15) is 15.6 Å². The molecule has 1 radical (unpaired) electrons. The number of aromatic nitrogens is 6. The number of hydrogen-bond acceptors (Lipinski definition) is 6. The predicted molar refractivity (Wildman–Crippen MR) is 75.0 cm³/mol. The molecule has 0 bridgehead atoms. The molecule has 0 aliphatic rings. The summed E-state index contributed by atoms with van der Waals surface area (Å²) >= 11 is 0. The summed E-state index contributed by atoms with van der Waals surface area (Å²) in [7, 11) is 3.08. The van der Waals surface area contributed by atoms with Crippen LogP contribution in [0.15, 0.2) is 35.3 Å². The normalized spacial score (nSPS) is 10.2. The maximum Gasteiger partial charge on any atom is 0.368 e. The molecule has 3 aromatic rings. The minimum absolute atomic E-state index is 0. The molecule has 0 saturated carbocycles. The van der Waals surface area contributed by atoms with Gasteiger partial charge in [0, 0.05) is 39.8 Å². The zero-order valence-electron chi connectivity index (χ0n) is 12.6. The van der Waals surface area contributed by atoms with E-state index in [9.17, 15) is 4.79 Å². The molecule has 0 aliphatic heterocycles. The van der Waals surface area contributed by atoms with Crippen LogP contribution in [0.4, 0.5) is 0 Å². The number of aryl methyl sites for hydroxylation is 1. The van der Waals surface area contributed by atoms with Crippen LogP contribution in [0, 0.1) is 0 Å². The summed E-state index contributed by atoms with van der Waals surface area (Å²) in [5, 5.41) is 15.0. The van der Waals surface area contributed by atoms with Crippen LogP contribution in [0.1, 0.15) is 5.56 Å². The van der Waals surface area contributed by atoms with Crippen LogP contribution in [-0.2, 0) is 46.4 Å². The first-order chi connectivity index (χ1) is 10.7. The Kier molecular flexibility index (Phi) is 5.67. The molecule has 0 amide bonds. The summed E-state index contributed by atoms with van der Waals surface area (Å²) < 4.78 is 13.2. The van der Waals surface area contributed by atoms with E-state index in [1.807, 2.05) is 0 Å². The third-order valence-electron chi connectivity index (χ3n) is 3.08. The average Bonchev–Trinajstić information content (AvgIpc) is 3.16. The van der Waals surface area contributed by atoms with Crippen LogP contribution in [0.25, 0.3) is 5.69 Å². The molecule has 117 valence electrons. The van der Waals surface area contributed by atoms with Gasteiger partial charge in [0.1, 0.15) is 12.4 Å². The maximum atomic E-state index is 12.1. The molecule has 0 unspecified atom stereocenters. The van der Waals surface area contributed by atoms with Crippen molar-refractivity contribution >= 4 is 0 Å². The molecule has 0 fully saturated rings. The van der Waals surface area contributed by atoms with Crippen molar-refractivity contribution in [2.24, 2.45) is 7.05 Å². The summed E-state index contributed by atoms with van der Waals surface area (Å²) in [6.07, 6.45) is 1.53. The SMILES string of the molecule is COc1cccc(-n2nnn(C)c2=O)c1COc1cc[n-]n1.[Y]. The number of rotatable bonds is 5. The second-order valence-electron chi connectivity index (χ2n) is 4.41. The van der Waals surface area contributed by atoms with Crippen LogP contribution in [0.5, 0.6) is 11.6 Å². The Bertz CT molecular complexity index is 827. The quantitative estimate of drug-likeness (QED) is 0.600. The molecule has 10 heteroatoms. The Labute approximate surface area is 156 Å². The predicted octanol–water partition coefficient (Wildman–Crippen LogP) is -0.0967. The Morgan fingerprint density at radius 2 is 2.09 bits per heavy atom. The Morgan fingerprint density at radius 1 is 1.26 bits per heavy atom. The van der Waals surface area contributed by atoms with E-state index in [4.69, 9.17) is 9.47 Å². The molecule has 2 heterocycles. The number of nitrogens with zero attached hydrogens (tertiary/aromatic N) is 6. The van der Waals surface area contributed by atoms with Crippen molar-refractivity contribution < 1.29 is 42.2 Å². The fraction of sp³-hybridized carbons (Fsp3) is 0.231. The van der Waals surface area contributed by atoms with Gasteiger partial charge in [0.2, 0.25) is 0 Å². The van der Waals surface area contributed by atoms with Crippen molar-refractivity contribution in [3.8, 4) is 17.3 Å². The zero-order valence-corrected chi connectivity index (χ0v) is 15.4. The summed E-state index contributed by atoms with van der Waals surface area (Å²) in [6, 6.07) is 6.93. The standard InChI is InChI=1S/C13H13N6O3.Y/c1-18-13(20)19(17-16-18)10-4-3-5-11(21-2)9(10)8-22-12-6-7-14-15-12;/h3-7H,8H2,1-2H3;/q-1;. The van der Waals surface area contributed by atoms with Crippen LogP contribution in [0.2, 0.25) is 0 Å². The molecule has 0 aliphatic carbocycles. The van der Waals surface area contributed by atoms with Crippen LogP contribution < -0.4 is 20.3 Å². The molecule has 0 atom stereocenters. The molecule has 0 N–H and O–H groups in total. The summed E-state index contributed by atoms with van der Waals surface area (Å²) in [6.45, 7) is 0.154. The van der Waals surface area contributed by atoms with Gasteiger partial charge in [0.05, 0.1) is 18.4 Å². The smallest absolute Gasteiger partial charge is 0.368 e. The van der Waals surface area contributed by atoms with Crippen molar-refractivity contribution in [3.05, 3.63) is 46.5 Å². The fourth-order valence-electron chi connectivity index (χ4n) is 2.00. The first kappa shape index (κ1) is 17.4. The van der Waals surface area contributed by atoms with Crippen LogP contribution in [0.3, 0.4) is 0 Å². The van der Waals surface area contributed by atoms with Gasteiger partial charge in [-0.1, -0.05) is 6.07 Å². The van der Waals surface area contributed by atoms with Crippen LogP contribution in [-0.4, -0.2) is 32.0 Å². The van der Waals surface area contributed by atoms with Crippen molar-refractivity contribution in [1.29, 1.82) is 0 Å². The molecular formula is C13H13N6O3Y-. The summed E-state index contributed by atoms with van der Waals surface area (Å²) in [5.41, 5.74) is 0.843. The number of hydrogen-bond donors (Lipinski definition) is 0. The van der Waals surface area contributed by atoms with Gasteiger partial charge in [0.25, 0.3) is 0 Å². The first-order valence-electron chi connectivity index (χ1n) is 6.43. The Balaban J connectivity index is 0.00000192. The fourth-order valence-corrected chi connectivity index (χ4v) is 2.00. The van der Waals surface area contributed by atoms with E-state index in [0.717, 1.165) is 4.68 Å². The largest absolute Gasteiger partial charge is 0.579 e. The molecular weight excluding hydrogens is 377 g/mol. The minimum atomic E-state index is -0.359. The zero-order chi connectivity index (χ0) is 15.5. The van der Waals surface area contributed by atoms with Gasteiger partial charge >= 0.3 is 5.69 Å². The number of ether oxygens (including phenoxy) is 2. The first-order valence-corrected chi connectivity index (χ1v) is 6.43. The second-order valence-corrected chi connectivity index (χ2v) is 4.41. The van der Waals surface area contributed by atoms with E-state index in [-0.39, 0.29) is 45.0 Å². The monoisotopic (exact) mass is 390 g/mol. The minimum Gasteiger partial charge on any atom is -0.579 e. The van der Waals surface area contributed by atoms with Gasteiger partial charge in [0.15, 0.2) is 5.88 Å². The van der Waals surface area contributed by atoms with E-state index in [1.54, 1.807) is 31.4 Å². The summed E-state index contributed by atoms with van der Waals surface area (Å²) in [5.74, 6) is 0.970. The van der Waals surface area contributed by atoms with Crippen molar-refractivity contribution in [2.75, 3.05) is 7.11 Å².